The van der Waals surface area contributed by atoms with Gasteiger partial charge in [0.25, 0.3) is 0 Å². The quantitative estimate of drug-likeness (QED) is 0.192. The van der Waals surface area contributed by atoms with Crippen LogP contribution in [-0.4, -0.2) is 29.1 Å². The lowest BCUT2D eigenvalue weighted by Gasteiger charge is -2.33. The normalized spacial score (nSPS) is 14.5. The second-order valence-corrected chi connectivity index (χ2v) is 8.99. The molecule has 1 rings (SSSR count). The van der Waals surface area contributed by atoms with Crippen LogP contribution >= 0.6 is 0 Å². The average Bonchev–Trinajstić information content (AvgIpc) is 3.08. The molecule has 166 valence electrons. The zero-order valence-corrected chi connectivity index (χ0v) is 19.8. The maximum absolute atomic E-state index is 2.63. The Bertz CT molecular complexity index is 322. The first kappa shape index (κ1) is 25.4. The van der Waals surface area contributed by atoms with Gasteiger partial charge in [-0.2, -0.15) is 0 Å². The fourth-order valence-corrected chi connectivity index (χ4v) is 4.45. The topological polar surface area (TPSA) is 6.48 Å². The van der Waals surface area contributed by atoms with Gasteiger partial charge in [-0.05, 0) is 19.3 Å². The summed E-state index contributed by atoms with van der Waals surface area (Å²) in [6.45, 7) is 9.44. The van der Waals surface area contributed by atoms with Gasteiger partial charge in [0, 0.05) is 25.5 Å². The monoisotopic (exact) mass is 392 g/mol. The molecule has 0 aromatic heterocycles. The zero-order valence-electron chi connectivity index (χ0n) is 19.8. The number of rotatable bonds is 20. The molecule has 0 aliphatic carbocycles. The van der Waals surface area contributed by atoms with E-state index in [9.17, 15) is 0 Å². The molecule has 0 saturated heterocycles. The maximum Gasteiger partial charge on any atom is 0.101 e. The molecule has 0 N–H and O–H groups in total. The van der Waals surface area contributed by atoms with Gasteiger partial charge in [-0.1, -0.05) is 117 Å². The van der Waals surface area contributed by atoms with Gasteiger partial charge in [0.1, 0.15) is 6.17 Å². The lowest BCUT2D eigenvalue weighted by atomic mass is 10.1. The lowest BCUT2D eigenvalue weighted by molar-refractivity contribution is 0.138. The van der Waals surface area contributed by atoms with E-state index in [1.54, 1.807) is 0 Å². The number of nitrogens with zero attached hydrogens (tertiary/aromatic N) is 2. The molecule has 1 aliphatic heterocycles. The first-order valence-corrected chi connectivity index (χ1v) is 13.0. The minimum Gasteiger partial charge on any atom is -0.356 e. The second-order valence-electron chi connectivity index (χ2n) is 8.99. The van der Waals surface area contributed by atoms with Crippen LogP contribution in [0.1, 0.15) is 136 Å². The molecule has 0 saturated carbocycles. The van der Waals surface area contributed by atoms with Gasteiger partial charge in [0.05, 0.1) is 0 Å². The summed E-state index contributed by atoms with van der Waals surface area (Å²) in [7, 11) is 0. The van der Waals surface area contributed by atoms with E-state index in [-0.39, 0.29) is 0 Å². The maximum atomic E-state index is 2.63. The van der Waals surface area contributed by atoms with E-state index in [0.29, 0.717) is 6.17 Å². The van der Waals surface area contributed by atoms with Crippen LogP contribution in [0.4, 0.5) is 0 Å². The smallest absolute Gasteiger partial charge is 0.101 e. The summed E-state index contributed by atoms with van der Waals surface area (Å²) in [6.07, 6.45) is 30.6. The SMILES string of the molecule is CCCCCCCCCCN1C=CN(CCCCCCCCCC)C1CCC. The van der Waals surface area contributed by atoms with Crippen molar-refractivity contribution in [1.82, 2.24) is 9.80 Å². The molecule has 0 spiro atoms. The van der Waals surface area contributed by atoms with Crippen LogP contribution in [-0.2, 0) is 0 Å². The molecule has 0 unspecified atom stereocenters. The Labute approximate surface area is 178 Å². The number of hydrogen-bond acceptors (Lipinski definition) is 2. The average molecular weight is 393 g/mol. The van der Waals surface area contributed by atoms with E-state index in [1.165, 1.54) is 129 Å². The first-order chi connectivity index (χ1) is 13.8. The summed E-state index contributed by atoms with van der Waals surface area (Å²) in [5.41, 5.74) is 0. The van der Waals surface area contributed by atoms with Crippen molar-refractivity contribution in [2.75, 3.05) is 13.1 Å². The lowest BCUT2D eigenvalue weighted by Crippen LogP contribution is -2.39. The highest BCUT2D eigenvalue weighted by Crippen LogP contribution is 2.22. The number of hydrogen-bond donors (Lipinski definition) is 0. The van der Waals surface area contributed by atoms with Crippen LogP contribution in [0, 0.1) is 0 Å². The highest BCUT2D eigenvalue weighted by molar-refractivity contribution is 4.96. The van der Waals surface area contributed by atoms with Crippen molar-refractivity contribution in [2.45, 2.75) is 143 Å². The summed E-state index contributed by atoms with van der Waals surface area (Å²) in [5, 5.41) is 0. The van der Waals surface area contributed by atoms with Gasteiger partial charge in [-0.25, -0.2) is 0 Å². The fraction of sp³-hybridized carbons (Fsp3) is 0.923. The molecular weight excluding hydrogens is 340 g/mol. The first-order valence-electron chi connectivity index (χ1n) is 13.0. The molecule has 0 radical (unpaired) electrons. The molecule has 0 amide bonds. The predicted molar refractivity (Wildman–Crippen MR) is 126 cm³/mol. The summed E-state index contributed by atoms with van der Waals surface area (Å²) < 4.78 is 0. The molecule has 1 heterocycles. The van der Waals surface area contributed by atoms with Crippen molar-refractivity contribution in [2.24, 2.45) is 0 Å². The Morgan fingerprint density at radius 1 is 0.464 bits per heavy atom. The molecule has 0 atom stereocenters. The van der Waals surface area contributed by atoms with Crippen molar-refractivity contribution in [1.29, 1.82) is 0 Å². The van der Waals surface area contributed by atoms with E-state index in [2.05, 4.69) is 43.0 Å². The molecule has 0 aromatic carbocycles. The summed E-state index contributed by atoms with van der Waals surface area (Å²) in [6, 6.07) is 0. The Hall–Kier alpha value is -0.660. The molecule has 28 heavy (non-hydrogen) atoms. The summed E-state index contributed by atoms with van der Waals surface area (Å²) in [4.78, 5) is 5.26. The van der Waals surface area contributed by atoms with Crippen molar-refractivity contribution in [3.63, 3.8) is 0 Å². The van der Waals surface area contributed by atoms with Crippen molar-refractivity contribution < 1.29 is 0 Å². The molecule has 0 aromatic rings. The predicted octanol–water partition coefficient (Wildman–Crippen LogP) is 8.48. The van der Waals surface area contributed by atoms with E-state index >= 15 is 0 Å². The molecule has 2 nitrogen and oxygen atoms in total. The fourth-order valence-electron chi connectivity index (χ4n) is 4.45. The van der Waals surface area contributed by atoms with E-state index < -0.39 is 0 Å². The Kier molecular flexibility index (Phi) is 16.7. The molecule has 1 aliphatic rings. The van der Waals surface area contributed by atoms with Gasteiger partial charge in [-0.3, -0.25) is 0 Å². The third-order valence-electron chi connectivity index (χ3n) is 6.30. The third-order valence-corrected chi connectivity index (χ3v) is 6.30. The van der Waals surface area contributed by atoms with Crippen LogP contribution in [0.3, 0.4) is 0 Å². The van der Waals surface area contributed by atoms with Crippen molar-refractivity contribution in [3.05, 3.63) is 12.4 Å². The van der Waals surface area contributed by atoms with Crippen LogP contribution < -0.4 is 0 Å². The van der Waals surface area contributed by atoms with Gasteiger partial charge < -0.3 is 9.80 Å². The van der Waals surface area contributed by atoms with E-state index in [1.807, 2.05) is 0 Å². The van der Waals surface area contributed by atoms with Crippen LogP contribution in [0.5, 0.6) is 0 Å². The highest BCUT2D eigenvalue weighted by atomic mass is 15.4. The Morgan fingerprint density at radius 3 is 1.18 bits per heavy atom. The molecule has 2 heteroatoms. The van der Waals surface area contributed by atoms with E-state index in [4.69, 9.17) is 0 Å². The summed E-state index contributed by atoms with van der Waals surface area (Å²) in [5.74, 6) is 0. The molecular formula is C26H52N2. The van der Waals surface area contributed by atoms with Crippen molar-refractivity contribution >= 4 is 0 Å². The van der Waals surface area contributed by atoms with Crippen LogP contribution in [0.15, 0.2) is 12.4 Å². The van der Waals surface area contributed by atoms with Crippen LogP contribution in [0.25, 0.3) is 0 Å². The van der Waals surface area contributed by atoms with Crippen LogP contribution in [0.2, 0.25) is 0 Å². The van der Waals surface area contributed by atoms with Gasteiger partial charge >= 0.3 is 0 Å². The second kappa shape index (κ2) is 18.4. The molecule has 0 bridgehead atoms. The summed E-state index contributed by atoms with van der Waals surface area (Å²) >= 11 is 0. The Balaban J connectivity index is 2.10. The minimum absolute atomic E-state index is 0.638. The minimum atomic E-state index is 0.638. The van der Waals surface area contributed by atoms with Gasteiger partial charge in [-0.15, -0.1) is 0 Å². The zero-order chi connectivity index (χ0) is 20.3. The number of unbranched alkanes of at least 4 members (excludes halogenated alkanes) is 14. The molecule has 0 fully saturated rings. The van der Waals surface area contributed by atoms with Gasteiger partial charge in [0.15, 0.2) is 0 Å². The van der Waals surface area contributed by atoms with E-state index in [0.717, 1.165) is 0 Å². The van der Waals surface area contributed by atoms with Gasteiger partial charge in [0.2, 0.25) is 0 Å². The standard InChI is InChI=1S/C26H52N2/c1-4-7-9-11-13-15-17-19-22-27-24-25-28(26(27)21-6-3)23-20-18-16-14-12-10-8-5-2/h24-26H,4-23H2,1-3H3. The Morgan fingerprint density at radius 2 is 0.821 bits per heavy atom. The third kappa shape index (κ3) is 12.0. The van der Waals surface area contributed by atoms with Crippen molar-refractivity contribution in [3.8, 4) is 0 Å². The largest absolute Gasteiger partial charge is 0.356 e. The highest BCUT2D eigenvalue weighted by Gasteiger charge is 2.24.